The second-order valence-electron chi connectivity index (χ2n) is 7.10. The van der Waals surface area contributed by atoms with Crippen molar-refractivity contribution in [3.8, 4) is 0 Å². The Morgan fingerprint density at radius 2 is 1.83 bits per heavy atom. The molecule has 0 aliphatic rings. The zero-order chi connectivity index (χ0) is 22.1. The van der Waals surface area contributed by atoms with Crippen LogP contribution in [0.3, 0.4) is 0 Å². The molecule has 30 heavy (non-hydrogen) atoms. The van der Waals surface area contributed by atoms with Crippen molar-refractivity contribution in [3.05, 3.63) is 58.3 Å². The van der Waals surface area contributed by atoms with Crippen LogP contribution in [0.4, 0.5) is 5.69 Å². The number of aryl methyl sites for hydroxylation is 2. The van der Waals surface area contributed by atoms with Crippen molar-refractivity contribution in [2.45, 2.75) is 39.0 Å². The number of hydrogen-bond donors (Lipinski definition) is 1. The van der Waals surface area contributed by atoms with Gasteiger partial charge in [0.05, 0.1) is 28.3 Å². The van der Waals surface area contributed by atoms with E-state index < -0.39 is 10.0 Å². The van der Waals surface area contributed by atoms with E-state index in [4.69, 9.17) is 16.0 Å². The van der Waals surface area contributed by atoms with Crippen molar-refractivity contribution < 1.29 is 17.6 Å². The van der Waals surface area contributed by atoms with Crippen molar-refractivity contribution in [3.63, 3.8) is 0 Å². The van der Waals surface area contributed by atoms with Gasteiger partial charge in [-0.15, -0.1) is 0 Å². The number of furan rings is 1. The third-order valence-corrected chi connectivity index (χ3v) is 7.62. The van der Waals surface area contributed by atoms with Gasteiger partial charge >= 0.3 is 0 Å². The van der Waals surface area contributed by atoms with Gasteiger partial charge in [-0.25, -0.2) is 8.42 Å². The van der Waals surface area contributed by atoms with Gasteiger partial charge in [0.1, 0.15) is 5.58 Å². The van der Waals surface area contributed by atoms with E-state index in [0.29, 0.717) is 13.1 Å². The molecule has 1 N–H and O–H groups in total. The Balaban J connectivity index is 1.85. The lowest BCUT2D eigenvalue weighted by atomic mass is 10.0. The van der Waals surface area contributed by atoms with E-state index in [1.165, 1.54) is 22.5 Å². The summed E-state index contributed by atoms with van der Waals surface area (Å²) in [4.78, 5) is 12.8. The molecule has 0 fully saturated rings. The summed E-state index contributed by atoms with van der Waals surface area (Å²) in [7, 11) is -3.66. The van der Waals surface area contributed by atoms with Crippen LogP contribution in [0.15, 0.2) is 45.9 Å². The van der Waals surface area contributed by atoms with Crippen molar-refractivity contribution >= 4 is 44.2 Å². The number of nitrogens with one attached hydrogen (secondary N) is 1. The van der Waals surface area contributed by atoms with Crippen LogP contribution in [0, 0.1) is 13.8 Å². The minimum absolute atomic E-state index is 0.0822. The summed E-state index contributed by atoms with van der Waals surface area (Å²) < 4.78 is 32.5. The molecule has 1 aromatic heterocycles. The van der Waals surface area contributed by atoms with E-state index >= 15 is 0 Å². The highest BCUT2D eigenvalue weighted by atomic mass is 35.5. The first-order valence-electron chi connectivity index (χ1n) is 9.74. The molecule has 160 valence electrons. The number of carbonyl (C=O) groups excluding carboxylic acids is 1. The van der Waals surface area contributed by atoms with Gasteiger partial charge < -0.3 is 9.73 Å². The highest BCUT2D eigenvalue weighted by Crippen LogP contribution is 2.29. The molecule has 0 saturated carbocycles. The van der Waals surface area contributed by atoms with E-state index in [0.717, 1.165) is 27.7 Å². The molecule has 0 aliphatic carbocycles. The van der Waals surface area contributed by atoms with Gasteiger partial charge in [-0.3, -0.25) is 4.79 Å². The number of rotatable bonds is 7. The molecular formula is C22H25ClN2O4S. The summed E-state index contributed by atoms with van der Waals surface area (Å²) in [5, 5.41) is 3.89. The van der Waals surface area contributed by atoms with Gasteiger partial charge in [-0.2, -0.15) is 4.31 Å². The Kier molecular flexibility index (Phi) is 6.55. The first kappa shape index (κ1) is 22.3. The standard InChI is InChI=1S/C22H25ClN2O4S/c1-5-25(6-2)30(27,28)17-8-10-19(23)20(12-17)24-21(26)11-16-13-29-22-15(4)14(3)7-9-18(16)22/h7-10,12-13H,5-6,11H2,1-4H3,(H,24,26). The SMILES string of the molecule is CCN(CC)S(=O)(=O)c1ccc(Cl)c(NC(=O)Cc2coc3c(C)c(C)ccc23)c1. The van der Waals surface area contributed by atoms with Crippen LogP contribution in [-0.2, 0) is 21.2 Å². The highest BCUT2D eigenvalue weighted by Gasteiger charge is 2.23. The number of halogens is 1. The van der Waals surface area contributed by atoms with Crippen LogP contribution in [-0.4, -0.2) is 31.7 Å². The van der Waals surface area contributed by atoms with E-state index in [1.807, 2.05) is 26.0 Å². The van der Waals surface area contributed by atoms with Crippen LogP contribution in [0.2, 0.25) is 5.02 Å². The van der Waals surface area contributed by atoms with Gasteiger partial charge in [-0.1, -0.05) is 37.6 Å². The number of nitrogens with zero attached hydrogens (tertiary/aromatic N) is 1. The van der Waals surface area contributed by atoms with Crippen LogP contribution in [0.1, 0.15) is 30.5 Å². The topological polar surface area (TPSA) is 79.6 Å². The number of anilines is 1. The molecule has 6 nitrogen and oxygen atoms in total. The third-order valence-electron chi connectivity index (χ3n) is 5.25. The number of benzene rings is 2. The zero-order valence-electron chi connectivity index (χ0n) is 17.5. The molecule has 0 radical (unpaired) electrons. The van der Waals surface area contributed by atoms with Crippen LogP contribution >= 0.6 is 11.6 Å². The molecule has 0 bridgehead atoms. The van der Waals surface area contributed by atoms with E-state index in [9.17, 15) is 13.2 Å². The number of sulfonamides is 1. The second-order valence-corrected chi connectivity index (χ2v) is 9.45. The lowest BCUT2D eigenvalue weighted by molar-refractivity contribution is -0.115. The Morgan fingerprint density at radius 1 is 1.13 bits per heavy atom. The molecule has 3 aromatic rings. The molecule has 1 amide bonds. The average Bonchev–Trinajstić information content (AvgIpc) is 3.10. The number of fused-ring (bicyclic) bond motifs is 1. The summed E-state index contributed by atoms with van der Waals surface area (Å²) >= 11 is 6.21. The van der Waals surface area contributed by atoms with Gasteiger partial charge in [0.25, 0.3) is 0 Å². The third kappa shape index (κ3) is 4.24. The molecule has 0 atom stereocenters. The summed E-state index contributed by atoms with van der Waals surface area (Å²) in [5.41, 5.74) is 3.94. The summed E-state index contributed by atoms with van der Waals surface area (Å²) in [6.07, 6.45) is 1.67. The molecule has 0 aliphatic heterocycles. The zero-order valence-corrected chi connectivity index (χ0v) is 19.0. The number of amides is 1. The van der Waals surface area contributed by atoms with Crippen LogP contribution in [0.25, 0.3) is 11.0 Å². The van der Waals surface area contributed by atoms with Crippen LogP contribution in [0.5, 0.6) is 0 Å². The predicted octanol–water partition coefficient (Wildman–Crippen LogP) is 4.91. The van der Waals surface area contributed by atoms with Gasteiger partial charge in [0.15, 0.2) is 0 Å². The quantitative estimate of drug-likeness (QED) is 0.556. The number of carbonyl (C=O) groups is 1. The molecular weight excluding hydrogens is 424 g/mol. The van der Waals surface area contributed by atoms with E-state index in [-0.39, 0.29) is 27.9 Å². The summed E-state index contributed by atoms with van der Waals surface area (Å²) in [6.45, 7) is 8.25. The molecule has 0 spiro atoms. The van der Waals surface area contributed by atoms with Crippen molar-refractivity contribution in [2.24, 2.45) is 0 Å². The van der Waals surface area contributed by atoms with Crippen molar-refractivity contribution in [2.75, 3.05) is 18.4 Å². The highest BCUT2D eigenvalue weighted by molar-refractivity contribution is 7.89. The fourth-order valence-electron chi connectivity index (χ4n) is 3.37. The molecule has 0 saturated heterocycles. The summed E-state index contributed by atoms with van der Waals surface area (Å²) in [5.74, 6) is -0.310. The minimum atomic E-state index is -3.66. The first-order chi connectivity index (χ1) is 14.2. The average molecular weight is 449 g/mol. The van der Waals surface area contributed by atoms with E-state index in [2.05, 4.69) is 5.32 Å². The lowest BCUT2D eigenvalue weighted by Crippen LogP contribution is -2.30. The monoisotopic (exact) mass is 448 g/mol. The smallest absolute Gasteiger partial charge is 0.243 e. The van der Waals surface area contributed by atoms with Crippen molar-refractivity contribution in [1.82, 2.24) is 4.31 Å². The minimum Gasteiger partial charge on any atom is -0.464 e. The van der Waals surface area contributed by atoms with Gasteiger partial charge in [-0.05, 0) is 43.2 Å². The predicted molar refractivity (Wildman–Crippen MR) is 120 cm³/mol. The van der Waals surface area contributed by atoms with Gasteiger partial charge in [0.2, 0.25) is 15.9 Å². The molecule has 3 rings (SSSR count). The first-order valence-corrected chi connectivity index (χ1v) is 11.6. The molecule has 8 heteroatoms. The maximum atomic E-state index is 12.8. The molecule has 0 unspecified atom stereocenters. The maximum Gasteiger partial charge on any atom is 0.243 e. The molecule has 1 heterocycles. The maximum absolute atomic E-state index is 12.8. The largest absolute Gasteiger partial charge is 0.464 e. The van der Waals surface area contributed by atoms with E-state index in [1.54, 1.807) is 20.1 Å². The normalized spacial score (nSPS) is 11.9. The van der Waals surface area contributed by atoms with Crippen molar-refractivity contribution in [1.29, 1.82) is 0 Å². The van der Waals surface area contributed by atoms with Crippen LogP contribution < -0.4 is 5.32 Å². The Bertz CT molecular complexity index is 1200. The number of hydrogen-bond acceptors (Lipinski definition) is 4. The fourth-order valence-corrected chi connectivity index (χ4v) is 5.02. The summed E-state index contributed by atoms with van der Waals surface area (Å²) in [6, 6.07) is 8.25. The molecule has 2 aromatic carbocycles. The Hall–Kier alpha value is -2.35. The second kappa shape index (κ2) is 8.79. The Labute approximate surface area is 181 Å². The van der Waals surface area contributed by atoms with Gasteiger partial charge in [0, 0.05) is 24.0 Å². The lowest BCUT2D eigenvalue weighted by Gasteiger charge is -2.19. The Morgan fingerprint density at radius 3 is 2.50 bits per heavy atom. The fraction of sp³-hybridized carbons (Fsp3) is 0.318.